The van der Waals surface area contributed by atoms with Gasteiger partial charge in [-0.3, -0.25) is 4.79 Å². The molecule has 0 saturated heterocycles. The molecule has 2 aromatic rings. The molecule has 21 heavy (non-hydrogen) atoms. The van der Waals surface area contributed by atoms with Crippen LogP contribution in [0.2, 0.25) is 0 Å². The van der Waals surface area contributed by atoms with Crippen molar-refractivity contribution in [1.29, 1.82) is 0 Å². The summed E-state index contributed by atoms with van der Waals surface area (Å²) in [6.07, 6.45) is 1.34. The summed E-state index contributed by atoms with van der Waals surface area (Å²) in [7, 11) is 1.64. The molecular weight excluding hydrogens is 280 g/mol. The van der Waals surface area contributed by atoms with E-state index in [-0.39, 0.29) is 5.12 Å². The van der Waals surface area contributed by atoms with E-state index in [0.717, 1.165) is 29.1 Å². The molecule has 0 aromatic heterocycles. The van der Waals surface area contributed by atoms with Crippen molar-refractivity contribution in [3.05, 3.63) is 65.2 Å². The maximum atomic E-state index is 12.1. The highest BCUT2D eigenvalue weighted by atomic mass is 32.2. The van der Waals surface area contributed by atoms with Crippen LogP contribution in [0.4, 0.5) is 0 Å². The number of methoxy groups -OCH3 is 1. The fourth-order valence-electron chi connectivity index (χ4n) is 2.13. The minimum atomic E-state index is 0.188. The van der Waals surface area contributed by atoms with E-state index in [9.17, 15) is 4.79 Å². The predicted octanol–water partition coefficient (Wildman–Crippen LogP) is 4.05. The van der Waals surface area contributed by atoms with Crippen molar-refractivity contribution in [2.24, 2.45) is 0 Å². The van der Waals surface area contributed by atoms with Crippen LogP contribution in [-0.2, 0) is 17.6 Å². The van der Waals surface area contributed by atoms with Crippen molar-refractivity contribution in [3.8, 4) is 5.75 Å². The standard InChI is InChI=1S/C18H20O2S/c1-14-8-9-16(17(12-14)20-2)13-18(19)21-11-10-15-6-4-3-5-7-15/h3-9,12H,10-11,13H2,1-2H3. The molecule has 2 rings (SSSR count). The lowest BCUT2D eigenvalue weighted by Gasteiger charge is -2.08. The van der Waals surface area contributed by atoms with Crippen LogP contribution in [0.5, 0.6) is 5.75 Å². The van der Waals surface area contributed by atoms with E-state index in [0.29, 0.717) is 6.42 Å². The summed E-state index contributed by atoms with van der Waals surface area (Å²) in [5.74, 6) is 1.61. The van der Waals surface area contributed by atoms with Crippen molar-refractivity contribution in [2.45, 2.75) is 19.8 Å². The highest BCUT2D eigenvalue weighted by Crippen LogP contribution is 2.22. The Kier molecular flexibility index (Phi) is 5.88. The predicted molar refractivity (Wildman–Crippen MR) is 89.0 cm³/mol. The normalized spacial score (nSPS) is 10.4. The zero-order valence-corrected chi connectivity index (χ0v) is 13.3. The number of rotatable bonds is 6. The van der Waals surface area contributed by atoms with E-state index in [1.807, 2.05) is 43.3 Å². The van der Waals surface area contributed by atoms with Gasteiger partial charge in [0, 0.05) is 17.7 Å². The summed E-state index contributed by atoms with van der Waals surface area (Å²) in [4.78, 5) is 12.1. The van der Waals surface area contributed by atoms with Gasteiger partial charge in [-0.15, -0.1) is 0 Å². The Hall–Kier alpha value is -1.74. The molecule has 0 aliphatic rings. The van der Waals surface area contributed by atoms with Crippen LogP contribution in [0.25, 0.3) is 0 Å². The van der Waals surface area contributed by atoms with Crippen molar-refractivity contribution < 1.29 is 9.53 Å². The van der Waals surface area contributed by atoms with Gasteiger partial charge in [0.1, 0.15) is 5.75 Å². The van der Waals surface area contributed by atoms with E-state index in [2.05, 4.69) is 12.1 Å². The Morgan fingerprint density at radius 1 is 1.14 bits per heavy atom. The largest absolute Gasteiger partial charge is 0.496 e. The van der Waals surface area contributed by atoms with Gasteiger partial charge in [-0.05, 0) is 30.5 Å². The topological polar surface area (TPSA) is 26.3 Å². The molecule has 2 nitrogen and oxygen atoms in total. The van der Waals surface area contributed by atoms with Gasteiger partial charge in [0.15, 0.2) is 5.12 Å². The molecule has 0 radical (unpaired) electrons. The monoisotopic (exact) mass is 300 g/mol. The Morgan fingerprint density at radius 3 is 2.62 bits per heavy atom. The smallest absolute Gasteiger partial charge is 0.193 e. The molecule has 0 spiro atoms. The van der Waals surface area contributed by atoms with E-state index in [1.54, 1.807) is 7.11 Å². The van der Waals surface area contributed by atoms with Crippen molar-refractivity contribution in [3.63, 3.8) is 0 Å². The van der Waals surface area contributed by atoms with Gasteiger partial charge in [0.25, 0.3) is 0 Å². The molecule has 0 amide bonds. The van der Waals surface area contributed by atoms with Crippen LogP contribution in [0.15, 0.2) is 48.5 Å². The van der Waals surface area contributed by atoms with Gasteiger partial charge in [0.2, 0.25) is 0 Å². The Balaban J connectivity index is 1.85. The van der Waals surface area contributed by atoms with Gasteiger partial charge in [-0.2, -0.15) is 0 Å². The number of hydrogen-bond acceptors (Lipinski definition) is 3. The van der Waals surface area contributed by atoms with Crippen LogP contribution < -0.4 is 4.74 Å². The van der Waals surface area contributed by atoms with Crippen LogP contribution in [0.1, 0.15) is 16.7 Å². The number of benzene rings is 2. The number of carbonyl (C=O) groups is 1. The van der Waals surface area contributed by atoms with E-state index in [1.165, 1.54) is 17.3 Å². The molecule has 0 atom stereocenters. The van der Waals surface area contributed by atoms with Crippen LogP contribution >= 0.6 is 11.8 Å². The molecule has 0 fully saturated rings. The highest BCUT2D eigenvalue weighted by molar-refractivity contribution is 8.13. The van der Waals surface area contributed by atoms with E-state index in [4.69, 9.17) is 4.74 Å². The van der Waals surface area contributed by atoms with Gasteiger partial charge in [0.05, 0.1) is 7.11 Å². The molecule has 0 heterocycles. The van der Waals surface area contributed by atoms with Crippen molar-refractivity contribution in [1.82, 2.24) is 0 Å². The third-order valence-corrected chi connectivity index (χ3v) is 4.15. The highest BCUT2D eigenvalue weighted by Gasteiger charge is 2.09. The fraction of sp³-hybridized carbons (Fsp3) is 0.278. The SMILES string of the molecule is COc1cc(C)ccc1CC(=O)SCCc1ccccc1. The number of thioether (sulfide) groups is 1. The first-order valence-corrected chi connectivity index (χ1v) is 8.00. The third kappa shape index (κ3) is 4.94. The maximum Gasteiger partial charge on any atom is 0.193 e. The second-order valence-electron chi connectivity index (χ2n) is 4.95. The molecule has 0 unspecified atom stereocenters. The zero-order chi connectivity index (χ0) is 15.1. The number of hydrogen-bond donors (Lipinski definition) is 0. The molecule has 0 aliphatic carbocycles. The summed E-state index contributed by atoms with van der Waals surface area (Å²) in [5, 5.41) is 0.188. The lowest BCUT2D eigenvalue weighted by Crippen LogP contribution is -2.02. The number of aryl methyl sites for hydroxylation is 2. The van der Waals surface area contributed by atoms with Gasteiger partial charge in [-0.25, -0.2) is 0 Å². The molecule has 3 heteroatoms. The van der Waals surface area contributed by atoms with Gasteiger partial charge >= 0.3 is 0 Å². The minimum absolute atomic E-state index is 0.188. The summed E-state index contributed by atoms with van der Waals surface area (Å²) in [6, 6.07) is 16.2. The lowest BCUT2D eigenvalue weighted by molar-refractivity contribution is -0.110. The maximum absolute atomic E-state index is 12.1. The molecule has 2 aromatic carbocycles. The molecular formula is C18H20O2S. The Labute approximate surface area is 130 Å². The van der Waals surface area contributed by atoms with Crippen LogP contribution in [0, 0.1) is 6.92 Å². The van der Waals surface area contributed by atoms with Gasteiger partial charge in [-0.1, -0.05) is 54.2 Å². The average molecular weight is 300 g/mol. The third-order valence-electron chi connectivity index (χ3n) is 3.27. The van der Waals surface area contributed by atoms with E-state index < -0.39 is 0 Å². The number of carbonyl (C=O) groups excluding carboxylic acids is 1. The first kappa shape index (κ1) is 15.6. The summed E-state index contributed by atoms with van der Waals surface area (Å²) in [5.41, 5.74) is 3.37. The van der Waals surface area contributed by atoms with Crippen molar-refractivity contribution in [2.75, 3.05) is 12.9 Å². The Morgan fingerprint density at radius 2 is 1.90 bits per heavy atom. The van der Waals surface area contributed by atoms with Gasteiger partial charge < -0.3 is 4.74 Å². The first-order valence-electron chi connectivity index (χ1n) is 7.02. The average Bonchev–Trinajstić information content (AvgIpc) is 2.50. The first-order chi connectivity index (χ1) is 10.2. The Bertz CT molecular complexity index is 593. The quantitative estimate of drug-likeness (QED) is 0.805. The summed E-state index contributed by atoms with van der Waals surface area (Å²) < 4.78 is 5.34. The second-order valence-corrected chi connectivity index (χ2v) is 6.10. The molecule has 0 saturated carbocycles. The number of ether oxygens (including phenoxy) is 1. The second kappa shape index (κ2) is 7.89. The summed E-state index contributed by atoms with van der Waals surface area (Å²) >= 11 is 1.40. The molecule has 0 bridgehead atoms. The van der Waals surface area contributed by atoms with E-state index >= 15 is 0 Å². The van der Waals surface area contributed by atoms with Crippen LogP contribution in [-0.4, -0.2) is 18.0 Å². The minimum Gasteiger partial charge on any atom is -0.496 e. The molecule has 0 aliphatic heterocycles. The van der Waals surface area contributed by atoms with Crippen LogP contribution in [0.3, 0.4) is 0 Å². The summed E-state index contributed by atoms with van der Waals surface area (Å²) in [6.45, 7) is 2.02. The fourth-order valence-corrected chi connectivity index (χ4v) is 2.95. The molecule has 0 N–H and O–H groups in total. The molecule has 110 valence electrons. The van der Waals surface area contributed by atoms with Crippen molar-refractivity contribution >= 4 is 16.9 Å². The zero-order valence-electron chi connectivity index (χ0n) is 12.5. The lowest BCUT2D eigenvalue weighted by atomic mass is 10.1.